The number of nitrogens with two attached hydrogens (primary N) is 1. The molecule has 1 unspecified atom stereocenters. The second kappa shape index (κ2) is 7.87. The quantitative estimate of drug-likeness (QED) is 0.705. The van der Waals surface area contributed by atoms with Gasteiger partial charge in [0.25, 0.3) is 0 Å². The lowest BCUT2D eigenvalue weighted by Gasteiger charge is -2.28. The third kappa shape index (κ3) is 4.06. The largest absolute Gasteiger partial charge is 0.428 e. The van der Waals surface area contributed by atoms with Gasteiger partial charge in [0, 0.05) is 33.8 Å². The number of primary amides is 1. The Labute approximate surface area is 174 Å². The summed E-state index contributed by atoms with van der Waals surface area (Å²) in [5.74, 6) is -0.675. The lowest BCUT2D eigenvalue weighted by Crippen LogP contribution is -2.42. The van der Waals surface area contributed by atoms with E-state index in [0.717, 1.165) is 18.2 Å². The number of nitrogens with one attached hydrogen (secondary N) is 1. The maximum Gasteiger partial charge on any atom is 0.428 e. The number of ether oxygens (including phenoxy) is 1. The van der Waals surface area contributed by atoms with Crippen molar-refractivity contribution in [2.45, 2.75) is 18.4 Å². The number of amides is 1. The highest BCUT2D eigenvalue weighted by Crippen LogP contribution is 2.48. The summed E-state index contributed by atoms with van der Waals surface area (Å²) >= 11 is 11.8. The van der Waals surface area contributed by atoms with E-state index in [0.29, 0.717) is 11.1 Å². The summed E-state index contributed by atoms with van der Waals surface area (Å²) in [6.07, 6.45) is -3.93. The Morgan fingerprint density at radius 2 is 1.86 bits per heavy atom. The van der Waals surface area contributed by atoms with Crippen molar-refractivity contribution in [2.75, 3.05) is 7.11 Å². The molecule has 1 atom stereocenters. The van der Waals surface area contributed by atoms with Gasteiger partial charge < -0.3 is 10.5 Å². The zero-order valence-electron chi connectivity index (χ0n) is 14.9. The summed E-state index contributed by atoms with van der Waals surface area (Å²) in [5.41, 5.74) is 5.60. The van der Waals surface area contributed by atoms with E-state index in [1.807, 2.05) is 0 Å². The number of hydrogen-bond acceptors (Lipinski definition) is 4. The Morgan fingerprint density at radius 1 is 1.21 bits per heavy atom. The highest BCUT2D eigenvalue weighted by molar-refractivity contribution is 6.34. The number of rotatable bonds is 5. The van der Waals surface area contributed by atoms with Crippen molar-refractivity contribution in [3.8, 4) is 0 Å². The monoisotopic (exact) mass is 446 g/mol. The average Bonchev–Trinajstić information content (AvgIpc) is 3.07. The Kier molecular flexibility index (Phi) is 5.82. The number of alkyl halides is 3. The first kappa shape index (κ1) is 21.4. The number of methoxy groups -OCH3 is 1. The minimum atomic E-state index is -4.82. The van der Waals surface area contributed by atoms with Crippen LogP contribution in [0.4, 0.5) is 13.2 Å². The molecule has 2 aromatic rings. The number of hydrogen-bond donors (Lipinski definition) is 2. The maximum atomic E-state index is 14.0. The highest BCUT2D eigenvalue weighted by atomic mass is 35.5. The van der Waals surface area contributed by atoms with E-state index in [2.05, 4.69) is 5.48 Å². The van der Waals surface area contributed by atoms with Crippen molar-refractivity contribution in [2.24, 2.45) is 5.73 Å². The van der Waals surface area contributed by atoms with E-state index in [1.54, 1.807) is 0 Å². The predicted octanol–water partition coefficient (Wildman–Crippen LogP) is 4.57. The van der Waals surface area contributed by atoms with Crippen molar-refractivity contribution in [3.63, 3.8) is 0 Å². The molecule has 3 N–H and O–H groups in total. The van der Waals surface area contributed by atoms with Crippen LogP contribution < -0.4 is 11.2 Å². The van der Waals surface area contributed by atoms with Crippen LogP contribution in [0.5, 0.6) is 0 Å². The van der Waals surface area contributed by atoms with Gasteiger partial charge in [-0.1, -0.05) is 29.3 Å². The molecule has 154 valence electrons. The third-order valence-electron chi connectivity index (χ3n) is 4.36. The van der Waals surface area contributed by atoms with Gasteiger partial charge in [-0.05, 0) is 42.0 Å². The van der Waals surface area contributed by atoms with E-state index in [-0.39, 0.29) is 33.5 Å². The highest BCUT2D eigenvalue weighted by Gasteiger charge is 2.59. The van der Waals surface area contributed by atoms with Crippen LogP contribution in [0.25, 0.3) is 5.70 Å². The van der Waals surface area contributed by atoms with Gasteiger partial charge >= 0.3 is 6.18 Å². The van der Waals surface area contributed by atoms with Gasteiger partial charge in [0.05, 0.1) is 12.3 Å². The lowest BCUT2D eigenvalue weighted by molar-refractivity contribution is -0.269. The molecule has 29 heavy (non-hydrogen) atoms. The minimum absolute atomic E-state index is 0.0368. The molecule has 0 bridgehead atoms. The van der Waals surface area contributed by atoms with Crippen molar-refractivity contribution in [1.82, 2.24) is 5.48 Å². The van der Waals surface area contributed by atoms with Crippen LogP contribution in [-0.2, 0) is 21.8 Å². The summed E-state index contributed by atoms with van der Waals surface area (Å²) in [4.78, 5) is 16.6. The van der Waals surface area contributed by atoms with Crippen LogP contribution in [0.1, 0.15) is 27.0 Å². The van der Waals surface area contributed by atoms with Gasteiger partial charge in [-0.3, -0.25) is 15.1 Å². The molecule has 1 aliphatic heterocycles. The number of carbonyl (C=O) groups is 1. The molecule has 0 saturated carbocycles. The summed E-state index contributed by atoms with van der Waals surface area (Å²) in [7, 11) is 1.42. The number of benzene rings is 2. The molecule has 0 aromatic heterocycles. The summed E-state index contributed by atoms with van der Waals surface area (Å²) in [6.45, 7) is 0.0502. The first-order chi connectivity index (χ1) is 13.6. The standard InChI is InChI=1S/C19H15Cl2F3N2O3/c1-28-9-11-4-10(2-3-15(11)17(25)27)16-8-18(29-26-16,19(22,23)24)12-5-13(20)7-14(21)6-12/h2-8,26H,9H2,1H3,(H2,25,27). The van der Waals surface area contributed by atoms with Crippen LogP contribution in [0.15, 0.2) is 42.5 Å². The van der Waals surface area contributed by atoms with Gasteiger partial charge in [-0.25, -0.2) is 0 Å². The molecule has 0 aliphatic carbocycles. The number of carbonyl (C=O) groups excluding carboxylic acids is 1. The van der Waals surface area contributed by atoms with Gasteiger partial charge in [0.2, 0.25) is 11.5 Å². The normalized spacial score (nSPS) is 19.0. The van der Waals surface area contributed by atoms with Gasteiger partial charge in [-0.15, -0.1) is 0 Å². The number of halogens is 5. The lowest BCUT2D eigenvalue weighted by atomic mass is 9.91. The van der Waals surface area contributed by atoms with Crippen LogP contribution in [-0.4, -0.2) is 19.2 Å². The maximum absolute atomic E-state index is 14.0. The molecule has 0 spiro atoms. The Hall–Kier alpha value is -2.26. The van der Waals surface area contributed by atoms with E-state index in [1.165, 1.54) is 31.4 Å². The second-order valence-electron chi connectivity index (χ2n) is 6.32. The van der Waals surface area contributed by atoms with Crippen LogP contribution in [0, 0.1) is 0 Å². The first-order valence-corrected chi connectivity index (χ1v) is 8.95. The molecule has 0 radical (unpaired) electrons. The summed E-state index contributed by atoms with van der Waals surface area (Å²) in [6, 6.07) is 7.97. The molecule has 2 aromatic carbocycles. The fourth-order valence-electron chi connectivity index (χ4n) is 3.03. The minimum Gasteiger partial charge on any atom is -0.380 e. The predicted molar refractivity (Wildman–Crippen MR) is 102 cm³/mol. The first-order valence-electron chi connectivity index (χ1n) is 8.19. The molecule has 10 heteroatoms. The zero-order valence-corrected chi connectivity index (χ0v) is 16.5. The van der Waals surface area contributed by atoms with Crippen molar-refractivity contribution in [3.05, 3.63) is 74.8 Å². The topological polar surface area (TPSA) is 73.6 Å². The fraction of sp³-hybridized carbons (Fsp3) is 0.211. The molecule has 1 aliphatic rings. The van der Waals surface area contributed by atoms with E-state index in [9.17, 15) is 18.0 Å². The molecule has 0 fully saturated rings. The van der Waals surface area contributed by atoms with Gasteiger partial charge in [0.1, 0.15) is 0 Å². The van der Waals surface area contributed by atoms with E-state index in [4.69, 9.17) is 38.5 Å². The molecule has 3 rings (SSSR count). The van der Waals surface area contributed by atoms with Crippen LogP contribution >= 0.6 is 23.2 Å². The molecular formula is C19H15Cl2F3N2O3. The smallest absolute Gasteiger partial charge is 0.380 e. The zero-order chi connectivity index (χ0) is 21.4. The van der Waals surface area contributed by atoms with E-state index >= 15 is 0 Å². The van der Waals surface area contributed by atoms with E-state index < -0.39 is 17.7 Å². The summed E-state index contributed by atoms with van der Waals surface area (Å²) in [5, 5.41) is 0.0736. The summed E-state index contributed by atoms with van der Waals surface area (Å²) < 4.78 is 47.2. The molecule has 1 heterocycles. The second-order valence-corrected chi connectivity index (χ2v) is 7.20. The SMILES string of the molecule is COCc1cc(C2=CC(c3cc(Cl)cc(Cl)c3)(C(F)(F)F)ON2)ccc1C(N)=O. The van der Waals surface area contributed by atoms with Crippen LogP contribution in [0.2, 0.25) is 10.0 Å². The molecule has 5 nitrogen and oxygen atoms in total. The molecule has 1 amide bonds. The van der Waals surface area contributed by atoms with Crippen molar-refractivity contribution < 1.29 is 27.5 Å². The third-order valence-corrected chi connectivity index (χ3v) is 4.80. The Balaban J connectivity index is 2.12. The van der Waals surface area contributed by atoms with Gasteiger partial charge in [-0.2, -0.15) is 13.2 Å². The molecular weight excluding hydrogens is 432 g/mol. The average molecular weight is 447 g/mol. The molecule has 0 saturated heterocycles. The van der Waals surface area contributed by atoms with Crippen LogP contribution in [0.3, 0.4) is 0 Å². The Morgan fingerprint density at radius 3 is 2.41 bits per heavy atom. The van der Waals surface area contributed by atoms with Crippen molar-refractivity contribution in [1.29, 1.82) is 0 Å². The Bertz CT molecular complexity index is 975. The van der Waals surface area contributed by atoms with Crippen molar-refractivity contribution >= 4 is 34.8 Å². The fourth-order valence-corrected chi connectivity index (χ4v) is 3.56. The number of hydroxylamine groups is 1. The van der Waals surface area contributed by atoms with Gasteiger partial charge in [0.15, 0.2) is 0 Å².